The van der Waals surface area contributed by atoms with Gasteiger partial charge in [-0.25, -0.2) is 0 Å². The van der Waals surface area contributed by atoms with E-state index in [1.807, 2.05) is 30.2 Å². The second kappa shape index (κ2) is 13.8. The van der Waals surface area contributed by atoms with Crippen molar-refractivity contribution in [2.45, 2.75) is 69.9 Å². The predicted molar refractivity (Wildman–Crippen MR) is 122 cm³/mol. The monoisotopic (exact) mass is 420 g/mol. The molecule has 1 N–H and O–H groups in total. The van der Waals surface area contributed by atoms with Gasteiger partial charge in [-0.15, -0.1) is 6.58 Å². The number of hydrogen-bond acceptors (Lipinski definition) is 3. The molecule has 1 aliphatic carbocycles. The molecule has 0 aromatic heterocycles. The Bertz CT molecular complexity index is 615. The lowest BCUT2D eigenvalue weighted by Crippen LogP contribution is -2.40. The molecular weight excluding hydrogens is 384 g/mol. The van der Waals surface area contributed by atoms with Gasteiger partial charge < -0.3 is 15.0 Å². The summed E-state index contributed by atoms with van der Waals surface area (Å²) in [6.45, 7) is 6.72. The smallest absolute Gasteiger partial charge is 0.253 e. The summed E-state index contributed by atoms with van der Waals surface area (Å²) in [4.78, 5) is 14.6. The molecule has 29 heavy (non-hydrogen) atoms. The van der Waals surface area contributed by atoms with Crippen LogP contribution in [0.25, 0.3) is 0 Å². The molecule has 0 aliphatic heterocycles. The van der Waals surface area contributed by atoms with Gasteiger partial charge >= 0.3 is 0 Å². The fraction of sp³-hybridized carbons (Fsp3) is 0.625. The molecule has 1 aliphatic rings. The van der Waals surface area contributed by atoms with Crippen LogP contribution in [0.2, 0.25) is 5.02 Å². The summed E-state index contributed by atoms with van der Waals surface area (Å²) in [7, 11) is 1.90. The molecule has 0 bridgehead atoms. The molecule has 1 fully saturated rings. The molecule has 0 radical (unpaired) electrons. The van der Waals surface area contributed by atoms with Crippen LogP contribution in [0.15, 0.2) is 36.9 Å². The molecule has 1 amide bonds. The number of nitrogens with zero attached hydrogens (tertiary/aromatic N) is 1. The van der Waals surface area contributed by atoms with E-state index in [1.165, 1.54) is 19.3 Å². The molecule has 1 aromatic rings. The van der Waals surface area contributed by atoms with E-state index < -0.39 is 0 Å². The minimum absolute atomic E-state index is 0.0517. The van der Waals surface area contributed by atoms with Gasteiger partial charge in [0, 0.05) is 30.3 Å². The average molecular weight is 421 g/mol. The summed E-state index contributed by atoms with van der Waals surface area (Å²) in [5, 5.41) is 4.03. The van der Waals surface area contributed by atoms with Gasteiger partial charge in [-0.1, -0.05) is 36.6 Å². The van der Waals surface area contributed by atoms with Gasteiger partial charge in [-0.05, 0) is 76.2 Å². The van der Waals surface area contributed by atoms with Crippen LogP contribution in [0, 0.1) is 0 Å². The number of amides is 1. The average Bonchev–Trinajstić information content (AvgIpc) is 2.74. The molecule has 1 saturated carbocycles. The van der Waals surface area contributed by atoms with Crippen molar-refractivity contribution in [3.8, 4) is 0 Å². The Balaban J connectivity index is 1.55. The second-order valence-electron chi connectivity index (χ2n) is 7.97. The number of halogens is 1. The molecule has 0 saturated heterocycles. The van der Waals surface area contributed by atoms with Gasteiger partial charge in [0.2, 0.25) is 0 Å². The van der Waals surface area contributed by atoms with E-state index in [2.05, 4.69) is 11.9 Å². The molecule has 0 spiro atoms. The van der Waals surface area contributed by atoms with E-state index in [0.717, 1.165) is 58.2 Å². The van der Waals surface area contributed by atoms with Crippen molar-refractivity contribution in [2.24, 2.45) is 0 Å². The summed E-state index contributed by atoms with van der Waals surface area (Å²) in [5.74, 6) is 0.0517. The number of benzene rings is 1. The van der Waals surface area contributed by atoms with Gasteiger partial charge in [-0.3, -0.25) is 4.79 Å². The highest BCUT2D eigenvalue weighted by molar-refractivity contribution is 6.30. The van der Waals surface area contributed by atoms with E-state index in [9.17, 15) is 4.79 Å². The van der Waals surface area contributed by atoms with Crippen molar-refractivity contribution in [2.75, 3.05) is 26.7 Å². The lowest BCUT2D eigenvalue weighted by molar-refractivity contribution is 0.00911. The standard InChI is InChI=1S/C24H37ClN2O2/c1-3-4-16-26-17-7-5-6-8-18-29-23-14-12-22(13-15-23)27(2)24(28)20-10-9-11-21(25)19-20/h3,9-11,19,22-23,26H,1,4-8,12-18H2,2H3/t22-,23-. The van der Waals surface area contributed by atoms with Crippen LogP contribution in [0.4, 0.5) is 0 Å². The number of unbranched alkanes of at least 4 members (excludes halogenated alkanes) is 3. The second-order valence-corrected chi connectivity index (χ2v) is 8.41. The van der Waals surface area contributed by atoms with Gasteiger partial charge in [-0.2, -0.15) is 0 Å². The van der Waals surface area contributed by atoms with Crippen molar-refractivity contribution >= 4 is 17.5 Å². The fourth-order valence-electron chi connectivity index (χ4n) is 3.87. The quantitative estimate of drug-likeness (QED) is 0.340. The maximum Gasteiger partial charge on any atom is 0.253 e. The van der Waals surface area contributed by atoms with Crippen molar-refractivity contribution in [3.63, 3.8) is 0 Å². The Morgan fingerprint density at radius 2 is 1.97 bits per heavy atom. The zero-order valence-corrected chi connectivity index (χ0v) is 18.6. The molecule has 4 nitrogen and oxygen atoms in total. The van der Waals surface area contributed by atoms with E-state index in [1.54, 1.807) is 12.1 Å². The topological polar surface area (TPSA) is 41.6 Å². The third-order valence-electron chi connectivity index (χ3n) is 5.71. The SMILES string of the molecule is C=CCCNCCCCCCO[C@H]1CC[C@H](N(C)C(=O)c2cccc(Cl)c2)CC1. The Hall–Kier alpha value is -1.36. The summed E-state index contributed by atoms with van der Waals surface area (Å²) in [6.07, 6.45) is 12.3. The van der Waals surface area contributed by atoms with Gasteiger partial charge in [0.05, 0.1) is 6.10 Å². The third-order valence-corrected chi connectivity index (χ3v) is 5.95. The number of carbonyl (C=O) groups excluding carboxylic acids is 1. The molecule has 2 rings (SSSR count). The predicted octanol–water partition coefficient (Wildman–Crippen LogP) is 5.47. The van der Waals surface area contributed by atoms with E-state index in [-0.39, 0.29) is 11.9 Å². The Kier molecular flexibility index (Phi) is 11.4. The zero-order chi connectivity index (χ0) is 20.9. The summed E-state index contributed by atoms with van der Waals surface area (Å²) in [6, 6.07) is 7.48. The molecule has 0 heterocycles. The van der Waals surface area contributed by atoms with Crippen LogP contribution in [-0.2, 0) is 4.74 Å². The van der Waals surface area contributed by atoms with Gasteiger partial charge in [0.1, 0.15) is 0 Å². The third kappa shape index (κ3) is 8.90. The van der Waals surface area contributed by atoms with Crippen LogP contribution >= 0.6 is 11.6 Å². The number of ether oxygens (including phenoxy) is 1. The summed E-state index contributed by atoms with van der Waals surface area (Å²) >= 11 is 6.02. The highest BCUT2D eigenvalue weighted by atomic mass is 35.5. The maximum atomic E-state index is 12.7. The molecule has 0 atom stereocenters. The lowest BCUT2D eigenvalue weighted by atomic mass is 9.91. The zero-order valence-electron chi connectivity index (χ0n) is 17.9. The molecular formula is C24H37ClN2O2. The largest absolute Gasteiger partial charge is 0.378 e. The number of rotatable bonds is 13. The van der Waals surface area contributed by atoms with Crippen molar-refractivity contribution in [3.05, 3.63) is 47.5 Å². The summed E-state index contributed by atoms with van der Waals surface area (Å²) in [5.41, 5.74) is 0.661. The van der Waals surface area contributed by atoms with Crippen LogP contribution in [0.3, 0.4) is 0 Å². The minimum Gasteiger partial charge on any atom is -0.378 e. The molecule has 1 aromatic carbocycles. The maximum absolute atomic E-state index is 12.7. The van der Waals surface area contributed by atoms with Crippen LogP contribution < -0.4 is 5.32 Å². The fourth-order valence-corrected chi connectivity index (χ4v) is 4.07. The number of carbonyl (C=O) groups is 1. The normalized spacial score (nSPS) is 19.1. The summed E-state index contributed by atoms with van der Waals surface area (Å²) < 4.78 is 6.08. The molecule has 0 unspecified atom stereocenters. The van der Waals surface area contributed by atoms with Crippen molar-refractivity contribution in [1.82, 2.24) is 10.2 Å². The number of nitrogens with one attached hydrogen (secondary N) is 1. The van der Waals surface area contributed by atoms with Crippen molar-refractivity contribution in [1.29, 1.82) is 0 Å². The first-order valence-electron chi connectivity index (χ1n) is 11.1. The minimum atomic E-state index is 0.0517. The molecule has 162 valence electrons. The van der Waals surface area contributed by atoms with Gasteiger partial charge in [0.15, 0.2) is 0 Å². The Morgan fingerprint density at radius 3 is 2.69 bits per heavy atom. The Morgan fingerprint density at radius 1 is 1.21 bits per heavy atom. The first-order valence-corrected chi connectivity index (χ1v) is 11.5. The first-order chi connectivity index (χ1) is 14.1. The highest BCUT2D eigenvalue weighted by Gasteiger charge is 2.27. The van der Waals surface area contributed by atoms with Gasteiger partial charge in [0.25, 0.3) is 5.91 Å². The highest BCUT2D eigenvalue weighted by Crippen LogP contribution is 2.26. The van der Waals surface area contributed by atoms with Crippen LogP contribution in [-0.4, -0.2) is 49.7 Å². The first kappa shape index (κ1) is 23.9. The lowest BCUT2D eigenvalue weighted by Gasteiger charge is -2.34. The van der Waals surface area contributed by atoms with Crippen LogP contribution in [0.5, 0.6) is 0 Å². The van der Waals surface area contributed by atoms with Crippen LogP contribution in [0.1, 0.15) is 68.1 Å². The van der Waals surface area contributed by atoms with E-state index in [4.69, 9.17) is 16.3 Å². The number of hydrogen-bond donors (Lipinski definition) is 1. The molecule has 5 heteroatoms. The van der Waals surface area contributed by atoms with E-state index >= 15 is 0 Å². The Labute approximate surface area is 181 Å². The van der Waals surface area contributed by atoms with E-state index in [0.29, 0.717) is 16.7 Å². The van der Waals surface area contributed by atoms with Crippen molar-refractivity contribution < 1.29 is 9.53 Å².